The van der Waals surface area contributed by atoms with Crippen LogP contribution >= 0.6 is 0 Å². The van der Waals surface area contributed by atoms with E-state index in [1.165, 1.54) is 25.0 Å². The van der Waals surface area contributed by atoms with E-state index in [-0.39, 0.29) is 12.1 Å². The number of hydrogen-bond acceptors (Lipinski definition) is 3. The summed E-state index contributed by atoms with van der Waals surface area (Å²) in [5, 5.41) is 1.02. The van der Waals surface area contributed by atoms with Crippen LogP contribution in [0.15, 0.2) is 78.9 Å². The van der Waals surface area contributed by atoms with E-state index in [0.717, 1.165) is 53.5 Å². The molecule has 190 valence electrons. The number of nitrogens with zero attached hydrogens (tertiary/aromatic N) is 2. The summed E-state index contributed by atoms with van der Waals surface area (Å²) in [5.74, 6) is 0.229. The number of aromatic nitrogens is 1. The lowest BCUT2D eigenvalue weighted by molar-refractivity contribution is -0.0879. The maximum Gasteiger partial charge on any atom is 0.135 e. The van der Waals surface area contributed by atoms with Crippen LogP contribution in [-0.2, 0) is 11.3 Å². The summed E-state index contributed by atoms with van der Waals surface area (Å²) in [6, 6.07) is 24.1. The van der Waals surface area contributed by atoms with Gasteiger partial charge in [0.15, 0.2) is 0 Å². The third-order valence-electron chi connectivity index (χ3n) is 8.34. The van der Waals surface area contributed by atoms with Gasteiger partial charge in [-0.15, -0.1) is 0 Å². The van der Waals surface area contributed by atoms with Crippen LogP contribution in [0.3, 0.4) is 0 Å². The zero-order chi connectivity index (χ0) is 25.4. The average molecular weight is 499 g/mol. The van der Waals surface area contributed by atoms with Gasteiger partial charge in [-0.3, -0.25) is 4.90 Å². The molecular formula is C32H32F2N2O. The molecule has 3 saturated heterocycles. The molecule has 7 rings (SSSR count). The molecule has 5 atom stereocenters. The molecule has 1 aromatic heterocycles. The van der Waals surface area contributed by atoms with E-state index in [0.29, 0.717) is 23.8 Å². The number of benzene rings is 3. The zero-order valence-electron chi connectivity index (χ0n) is 21.1. The molecule has 0 saturated carbocycles. The normalized spacial score (nSPS) is 23.9. The van der Waals surface area contributed by atoms with E-state index in [1.54, 1.807) is 0 Å². The molecule has 3 fully saturated rings. The van der Waals surface area contributed by atoms with E-state index in [4.69, 9.17) is 9.72 Å². The lowest BCUT2D eigenvalue weighted by atomic mass is 9.72. The van der Waals surface area contributed by atoms with Gasteiger partial charge < -0.3 is 4.74 Å². The van der Waals surface area contributed by atoms with Crippen molar-refractivity contribution in [3.8, 4) is 11.3 Å². The molecule has 3 aliphatic rings. The fraction of sp³-hybridized carbons (Fsp3) is 0.344. The summed E-state index contributed by atoms with van der Waals surface area (Å²) in [5.41, 5.74) is 3.73. The average Bonchev–Trinajstić information content (AvgIpc) is 2.94. The Bertz CT molecular complexity index is 1390. The van der Waals surface area contributed by atoms with Gasteiger partial charge in [-0.25, -0.2) is 13.8 Å². The predicted molar refractivity (Wildman–Crippen MR) is 143 cm³/mol. The van der Waals surface area contributed by atoms with Crippen molar-refractivity contribution in [2.24, 2.45) is 11.8 Å². The summed E-state index contributed by atoms with van der Waals surface area (Å²) in [6.45, 7) is 4.97. The molecule has 3 aromatic carbocycles. The Morgan fingerprint density at radius 2 is 1.81 bits per heavy atom. The summed E-state index contributed by atoms with van der Waals surface area (Å²) in [4.78, 5) is 7.39. The third kappa shape index (κ3) is 4.78. The first kappa shape index (κ1) is 24.2. The summed E-state index contributed by atoms with van der Waals surface area (Å²) >= 11 is 0. The number of rotatable bonds is 7. The van der Waals surface area contributed by atoms with Gasteiger partial charge in [0.1, 0.15) is 11.6 Å². The standard InChI is InChI=1S/C32H32F2N2O/c1-2-22-19-36-15-14-23(22)16-31(36)32(37-20-21-8-4-3-5-9-21)27-18-30(26-13-12-24(33)17-28(26)34)35-29-11-7-6-10-25(27)29/h3-13,17-18,22-23,31-32H,2,14-16,19-20H2,1H3/t22-,23-,31-,32+/m0/s1. The van der Waals surface area contributed by atoms with Gasteiger partial charge in [-0.1, -0.05) is 61.9 Å². The largest absolute Gasteiger partial charge is 0.367 e. The summed E-state index contributed by atoms with van der Waals surface area (Å²) < 4.78 is 35.4. The Morgan fingerprint density at radius 3 is 2.57 bits per heavy atom. The first-order valence-corrected chi connectivity index (χ1v) is 13.4. The first-order valence-electron chi connectivity index (χ1n) is 13.4. The molecular weight excluding hydrogens is 466 g/mol. The molecule has 2 bridgehead atoms. The lowest BCUT2D eigenvalue weighted by Gasteiger charge is -2.52. The van der Waals surface area contributed by atoms with Crippen LogP contribution in [0.2, 0.25) is 0 Å². The molecule has 4 heterocycles. The fourth-order valence-corrected chi connectivity index (χ4v) is 6.40. The Labute approximate surface area is 217 Å². The van der Waals surface area contributed by atoms with Crippen molar-refractivity contribution < 1.29 is 13.5 Å². The van der Waals surface area contributed by atoms with Crippen LogP contribution in [0, 0.1) is 23.5 Å². The summed E-state index contributed by atoms with van der Waals surface area (Å²) in [6.07, 6.45) is 3.34. The molecule has 0 amide bonds. The molecule has 1 unspecified atom stereocenters. The highest BCUT2D eigenvalue weighted by molar-refractivity contribution is 5.85. The number of para-hydroxylation sites is 1. The van der Waals surface area contributed by atoms with E-state index in [2.05, 4.69) is 30.0 Å². The number of hydrogen-bond donors (Lipinski definition) is 0. The molecule has 4 aromatic rings. The molecule has 3 nitrogen and oxygen atoms in total. The van der Waals surface area contributed by atoms with E-state index in [9.17, 15) is 8.78 Å². The van der Waals surface area contributed by atoms with Crippen molar-refractivity contribution in [3.63, 3.8) is 0 Å². The smallest absolute Gasteiger partial charge is 0.135 e. The van der Waals surface area contributed by atoms with Crippen molar-refractivity contribution in [1.82, 2.24) is 9.88 Å². The third-order valence-corrected chi connectivity index (χ3v) is 8.34. The van der Waals surface area contributed by atoms with E-state index >= 15 is 0 Å². The molecule has 0 spiro atoms. The maximum absolute atomic E-state index is 14.9. The lowest BCUT2D eigenvalue weighted by Crippen LogP contribution is -2.55. The van der Waals surface area contributed by atoms with Crippen molar-refractivity contribution in [1.29, 1.82) is 0 Å². The Kier molecular flexibility index (Phi) is 6.74. The second-order valence-electron chi connectivity index (χ2n) is 10.5. The maximum atomic E-state index is 14.9. The predicted octanol–water partition coefficient (Wildman–Crippen LogP) is 7.56. The monoisotopic (exact) mass is 498 g/mol. The van der Waals surface area contributed by atoms with Gasteiger partial charge in [-0.05, 0) is 66.6 Å². The minimum Gasteiger partial charge on any atom is -0.367 e. The molecule has 0 N–H and O–H groups in total. The van der Waals surface area contributed by atoms with Gasteiger partial charge in [0, 0.05) is 29.6 Å². The van der Waals surface area contributed by atoms with Crippen LogP contribution in [0.5, 0.6) is 0 Å². The van der Waals surface area contributed by atoms with Gasteiger partial charge in [0.25, 0.3) is 0 Å². The first-order chi connectivity index (χ1) is 18.1. The number of piperidine rings is 3. The fourth-order valence-electron chi connectivity index (χ4n) is 6.40. The molecule has 5 heteroatoms. The topological polar surface area (TPSA) is 25.4 Å². The molecule has 0 radical (unpaired) electrons. The summed E-state index contributed by atoms with van der Waals surface area (Å²) in [7, 11) is 0. The van der Waals surface area contributed by atoms with Crippen molar-refractivity contribution in [2.45, 2.75) is 44.9 Å². The van der Waals surface area contributed by atoms with Crippen LogP contribution in [0.1, 0.15) is 43.4 Å². The van der Waals surface area contributed by atoms with Crippen LogP contribution in [0.25, 0.3) is 22.2 Å². The number of fused-ring (bicyclic) bond motifs is 4. The quantitative estimate of drug-likeness (QED) is 0.263. The minimum atomic E-state index is -0.609. The Morgan fingerprint density at radius 1 is 1.00 bits per heavy atom. The van der Waals surface area contributed by atoms with Crippen LogP contribution in [0.4, 0.5) is 8.78 Å². The van der Waals surface area contributed by atoms with Crippen molar-refractivity contribution >= 4 is 10.9 Å². The van der Waals surface area contributed by atoms with Gasteiger partial charge in [0.2, 0.25) is 0 Å². The van der Waals surface area contributed by atoms with Crippen molar-refractivity contribution in [3.05, 3.63) is 102 Å². The molecule has 37 heavy (non-hydrogen) atoms. The Balaban J connectivity index is 1.46. The Hall–Kier alpha value is -3.15. The highest BCUT2D eigenvalue weighted by Gasteiger charge is 2.43. The molecule has 3 aliphatic heterocycles. The van der Waals surface area contributed by atoms with Gasteiger partial charge >= 0.3 is 0 Å². The number of ether oxygens (including phenoxy) is 1. The highest BCUT2D eigenvalue weighted by atomic mass is 19.1. The molecule has 0 aliphatic carbocycles. The minimum absolute atomic E-state index is 0.198. The van der Waals surface area contributed by atoms with E-state index < -0.39 is 11.6 Å². The number of halogens is 2. The SMILES string of the molecule is CC[C@H]1CN2CC[C@H]1C[C@H]2[C@H](OCc1ccccc1)c1cc(-c2ccc(F)cc2F)nc2ccccc12. The van der Waals surface area contributed by atoms with Gasteiger partial charge in [0.05, 0.1) is 23.9 Å². The second-order valence-corrected chi connectivity index (χ2v) is 10.5. The highest BCUT2D eigenvalue weighted by Crippen LogP contribution is 2.45. The van der Waals surface area contributed by atoms with E-state index in [1.807, 2.05) is 42.5 Å². The van der Waals surface area contributed by atoms with Crippen LogP contribution < -0.4 is 0 Å². The second kappa shape index (κ2) is 10.3. The van der Waals surface area contributed by atoms with Gasteiger partial charge in [-0.2, -0.15) is 0 Å². The zero-order valence-corrected chi connectivity index (χ0v) is 21.1. The number of pyridine rings is 1. The van der Waals surface area contributed by atoms with Crippen LogP contribution in [-0.4, -0.2) is 29.0 Å². The van der Waals surface area contributed by atoms with Crippen molar-refractivity contribution in [2.75, 3.05) is 13.1 Å².